The van der Waals surface area contributed by atoms with Crippen LogP contribution in [-0.2, 0) is 112 Å². The van der Waals surface area contributed by atoms with Gasteiger partial charge < -0.3 is 107 Å². The molecule has 41 heteroatoms. The van der Waals surface area contributed by atoms with Crippen LogP contribution in [0.15, 0.2) is 30.3 Å². The van der Waals surface area contributed by atoms with Gasteiger partial charge in [0.1, 0.15) is 103 Å². The molecule has 14 rings (SSSR count). The number of carbonyl (C=O) groups excluding carboxylic acids is 17. The van der Waals surface area contributed by atoms with Crippen molar-refractivity contribution in [2.45, 2.75) is 313 Å². The van der Waals surface area contributed by atoms with Gasteiger partial charge in [-0.15, -0.1) is 0 Å². The fraction of sp³-hybridized carbons (Fsp3) is 0.705. The topological polar surface area (TPSA) is 543 Å². The Bertz CT molecular complexity index is 4030. The normalized spacial score (nSPS) is 30.4. The van der Waals surface area contributed by atoms with Gasteiger partial charge in [-0.2, -0.15) is 0 Å². The zero-order valence-corrected chi connectivity index (χ0v) is 75.0. The Kier molecular flexibility index (Phi) is 35.0. The van der Waals surface area contributed by atoms with Crippen molar-refractivity contribution in [3.05, 3.63) is 35.9 Å². The van der Waals surface area contributed by atoms with E-state index < -0.39 is 211 Å². The number of rotatable bonds is 10. The lowest BCUT2D eigenvalue weighted by Gasteiger charge is -2.31. The number of fused-ring (bicyclic) bond motifs is 8. The molecule has 41 nitrogen and oxygen atoms in total. The smallest absolute Gasteiger partial charge is 0.329 e. The fourth-order valence-electron chi connectivity index (χ4n) is 19.0. The van der Waals surface area contributed by atoms with Crippen LogP contribution in [0.1, 0.15) is 209 Å². The first kappa shape index (κ1) is 99.7. The predicted molar refractivity (Wildman–Crippen MR) is 455 cm³/mol. The van der Waals surface area contributed by atoms with Crippen LogP contribution in [0.25, 0.3) is 0 Å². The molecule has 13 saturated heterocycles. The molecule has 0 spiro atoms. The van der Waals surface area contributed by atoms with E-state index in [0.29, 0.717) is 161 Å². The number of benzene rings is 1. The van der Waals surface area contributed by atoms with Crippen molar-refractivity contribution in [1.82, 2.24) is 81.7 Å². The molecule has 13 fully saturated rings. The van der Waals surface area contributed by atoms with Crippen LogP contribution in [0.4, 0.5) is 0 Å². The molecule has 129 heavy (non-hydrogen) atoms. The molecule has 0 saturated carbocycles. The quantitative estimate of drug-likeness (QED) is 0.127. The zero-order valence-electron chi connectivity index (χ0n) is 75.0. The molecule has 0 bridgehead atoms. The summed E-state index contributed by atoms with van der Waals surface area (Å²) in [7, 11) is 0. The number of ether oxygens (including phenoxy) is 2. The van der Waals surface area contributed by atoms with E-state index in [4.69, 9.17) is 9.47 Å². The van der Waals surface area contributed by atoms with Crippen LogP contribution in [0.3, 0.4) is 0 Å². The second-order valence-electron chi connectivity index (χ2n) is 36.7. The van der Waals surface area contributed by atoms with Crippen LogP contribution in [0.5, 0.6) is 0 Å². The van der Waals surface area contributed by atoms with E-state index in [2.05, 4.69) is 49.5 Å². The second kappa shape index (κ2) is 45.2. The number of carboxylic acids is 3. The van der Waals surface area contributed by atoms with Crippen molar-refractivity contribution in [3.63, 3.8) is 0 Å². The van der Waals surface area contributed by atoms with Crippen LogP contribution < -0.4 is 42.5 Å². The molecule has 0 aromatic heterocycles. The minimum Gasteiger partial charge on any atom is -0.480 e. The lowest BCUT2D eigenvalue weighted by atomic mass is 10.0. The van der Waals surface area contributed by atoms with Crippen LogP contribution in [-0.4, -0.2) is 335 Å². The molecule has 0 radical (unpaired) electrons. The van der Waals surface area contributed by atoms with Gasteiger partial charge in [-0.25, -0.2) is 19.2 Å². The molecule has 17 atom stereocenters. The number of nitrogens with one attached hydrogen (secondary N) is 8. The predicted octanol–water partition coefficient (Wildman–Crippen LogP) is -0.827. The van der Waals surface area contributed by atoms with E-state index in [1.807, 2.05) is 18.2 Å². The summed E-state index contributed by atoms with van der Waals surface area (Å²) in [5, 5.41) is 49.1. The van der Waals surface area contributed by atoms with E-state index in [9.17, 15) is 111 Å². The van der Waals surface area contributed by atoms with Gasteiger partial charge in [0.15, 0.2) is 0 Å². The molecule has 1 aromatic carbocycles. The third kappa shape index (κ3) is 24.8. The maximum absolute atomic E-state index is 13.4. The van der Waals surface area contributed by atoms with Gasteiger partial charge in [-0.1, -0.05) is 85.7 Å². The van der Waals surface area contributed by atoms with Crippen LogP contribution in [0, 0.1) is 23.7 Å². The summed E-state index contributed by atoms with van der Waals surface area (Å²) in [4.78, 5) is 268. The Morgan fingerprint density at radius 3 is 0.791 bits per heavy atom. The number of carboxylic acid groups (broad SMARTS) is 3. The Balaban J connectivity index is 0.000000175. The minimum atomic E-state index is -1.43. The summed E-state index contributed by atoms with van der Waals surface area (Å²) in [6, 6.07) is -5.76. The molecule has 13 aliphatic heterocycles. The maximum atomic E-state index is 13.4. The number of carbonyl (C=O) groups is 20. The van der Waals surface area contributed by atoms with E-state index in [0.717, 1.165) is 12.2 Å². The lowest BCUT2D eigenvalue weighted by Crippen LogP contribution is -2.57. The van der Waals surface area contributed by atoms with Gasteiger partial charge in [0, 0.05) is 59.0 Å². The van der Waals surface area contributed by atoms with Gasteiger partial charge in [0.05, 0.1) is 31.8 Å². The van der Waals surface area contributed by atoms with Gasteiger partial charge in [-0.05, 0) is 152 Å². The molecular formula is C88H128N16O25. The Labute approximate surface area is 749 Å². The van der Waals surface area contributed by atoms with E-state index in [1.165, 1.54) is 47.1 Å². The summed E-state index contributed by atoms with van der Waals surface area (Å²) >= 11 is 0. The van der Waals surface area contributed by atoms with Crippen molar-refractivity contribution < 1.29 is 121 Å². The Hall–Kier alpha value is -11.4. The third-order valence-electron chi connectivity index (χ3n) is 26.1. The summed E-state index contributed by atoms with van der Waals surface area (Å²) in [6.07, 6.45) is 10.6. The number of aliphatic carboxylic acids is 3. The highest BCUT2D eigenvalue weighted by atomic mass is 16.5. The highest BCUT2D eigenvalue weighted by Crippen LogP contribution is 2.33. The summed E-state index contributed by atoms with van der Waals surface area (Å²) < 4.78 is 10.6. The molecule has 710 valence electrons. The van der Waals surface area contributed by atoms with Crippen molar-refractivity contribution in [3.8, 4) is 0 Å². The number of esters is 1. The first-order chi connectivity index (χ1) is 61.3. The molecule has 11 N–H and O–H groups in total. The largest absolute Gasteiger partial charge is 0.480 e. The van der Waals surface area contributed by atoms with Crippen molar-refractivity contribution in [2.24, 2.45) is 23.7 Å². The zero-order chi connectivity index (χ0) is 94.1. The van der Waals surface area contributed by atoms with E-state index >= 15 is 0 Å². The number of nitrogens with zero attached hydrogens (tertiary/aromatic N) is 8. The average Bonchev–Trinajstić information content (AvgIpc) is 1.66. The molecule has 1 aromatic rings. The number of hydrogen-bond acceptors (Lipinski definition) is 22. The fourth-order valence-corrected chi connectivity index (χ4v) is 19.0. The first-order valence-electron chi connectivity index (χ1n) is 45.6. The van der Waals surface area contributed by atoms with Gasteiger partial charge >= 0.3 is 23.9 Å². The number of amides is 16. The molecule has 13 heterocycles. The maximum Gasteiger partial charge on any atom is 0.329 e. The third-order valence-corrected chi connectivity index (χ3v) is 26.1. The molecule has 13 aliphatic rings. The van der Waals surface area contributed by atoms with Crippen LogP contribution in [0.2, 0.25) is 0 Å². The Morgan fingerprint density at radius 1 is 0.326 bits per heavy atom. The van der Waals surface area contributed by atoms with Gasteiger partial charge in [0.25, 0.3) is 0 Å². The average molecular weight is 1810 g/mol. The highest BCUT2D eigenvalue weighted by Gasteiger charge is 2.51. The first-order valence-corrected chi connectivity index (χ1v) is 45.6. The van der Waals surface area contributed by atoms with Gasteiger partial charge in [0.2, 0.25) is 94.5 Å². The SMILES string of the molecule is CC(C)[C@@H]1NC(=O)[C@@H]2CCCN2C(=O)[C@H]2CCCN2C(=O)C[C@@H](C(=O)O)NC1=O.CC(C)[C@@H]1NC(=O)[C@@H]2CCCN2C(=O)[C@H]2CCCN2C(=O)C[C@@H](C(=O)O)NC1=O.CC(C)[C@@H]1NC(=O)[C@@H]2CCCN2C(=O)[C@H]2CCCN2C(=O)C[C@@H](C(=O)OCc2ccccc2)NC1=O.CC(C)[C@@H]1NC(=O)[C@@H]2CCCN2C(=O)[C@H]2CCCN2C(=O)C[C@H](C(=O)O)NC1=O.CC1CCCO1. The lowest BCUT2D eigenvalue weighted by molar-refractivity contribution is -0.152. The number of hydrogen-bond donors (Lipinski definition) is 11. The second-order valence-corrected chi connectivity index (χ2v) is 36.7. The summed E-state index contributed by atoms with van der Waals surface area (Å²) in [6.45, 7) is 20.2. The van der Waals surface area contributed by atoms with Crippen molar-refractivity contribution >= 4 is 118 Å². The highest BCUT2D eigenvalue weighted by molar-refractivity contribution is 6.02. The molecule has 16 amide bonds. The van der Waals surface area contributed by atoms with Gasteiger partial charge in [-0.3, -0.25) is 76.7 Å². The van der Waals surface area contributed by atoms with E-state index in [-0.39, 0.29) is 60.3 Å². The molecular weight excluding hydrogens is 1680 g/mol. The van der Waals surface area contributed by atoms with E-state index in [1.54, 1.807) is 72.4 Å². The monoisotopic (exact) mass is 1810 g/mol. The molecule has 1 unspecified atom stereocenters. The standard InChI is InChI=1S/C26H34N4O6.3C19H28N4O6.C5H10O/c1-16(2)22-24(33)27-18(26(35)36-15-17-8-4-3-5-9-17)14-21(31)29-12-7-11-20(29)25(34)30-13-6-10-19(30)23(32)28-22;3*1-10(2)15-17(26)20-11(19(28)29)9-14(24)22-7-4-6-13(22)18(27)23-8-3-5-12(23)16(25)21-15;1-5-3-2-4-6-5/h3-5,8-9,16,18-20,22H,6-7,10-15H2,1-2H3,(H,27,33)(H,28,32);3*10-13,15H,3-9H2,1-2H3,(H,20,26)(H,21,25)(H,28,29);5H,2-4H2,1H3/t18-,19-,20+,22-;11-,12+,13-,15+;2*11-,12-,13+,15-;/m0100./s1. The van der Waals surface area contributed by atoms with Crippen LogP contribution >= 0.6 is 0 Å². The summed E-state index contributed by atoms with van der Waals surface area (Å²) in [5.74, 6) is -13.1. The van der Waals surface area contributed by atoms with Crippen molar-refractivity contribution in [1.29, 1.82) is 0 Å². The Morgan fingerprint density at radius 2 is 0.566 bits per heavy atom. The minimum absolute atomic E-state index is 0.00789. The van der Waals surface area contributed by atoms with Crippen molar-refractivity contribution in [2.75, 3.05) is 59.0 Å². The molecule has 0 aliphatic carbocycles. The summed E-state index contributed by atoms with van der Waals surface area (Å²) in [5.41, 5.74) is 0.770.